The Morgan fingerprint density at radius 2 is 1.70 bits per heavy atom. The molecule has 4 rings (SSSR count). The lowest BCUT2D eigenvalue weighted by molar-refractivity contribution is -0.137. The summed E-state index contributed by atoms with van der Waals surface area (Å²) in [7, 11) is 0. The molecule has 0 unspecified atom stereocenters. The third-order valence-electron chi connectivity index (χ3n) is 7.81. The highest BCUT2D eigenvalue weighted by Gasteiger charge is 2.47. The maximum absolute atomic E-state index is 13.2. The first-order valence-corrected chi connectivity index (χ1v) is 11.9. The fourth-order valence-electron chi connectivity index (χ4n) is 5.66. The van der Waals surface area contributed by atoms with E-state index in [2.05, 4.69) is 21.6 Å². The molecule has 4 aliphatic rings. The molecule has 4 nitrogen and oxygen atoms in total. The predicted molar refractivity (Wildman–Crippen MR) is 111 cm³/mol. The fourth-order valence-corrected chi connectivity index (χ4v) is 5.66. The van der Waals surface area contributed by atoms with E-state index in [0.29, 0.717) is 11.8 Å². The van der Waals surface area contributed by atoms with Crippen LogP contribution in [0.5, 0.6) is 0 Å². The number of carbonyl (C=O) groups is 1. The van der Waals surface area contributed by atoms with E-state index in [1.165, 1.54) is 84.0 Å². The lowest BCUT2D eigenvalue weighted by Crippen LogP contribution is -2.49. The van der Waals surface area contributed by atoms with Gasteiger partial charge in [0, 0.05) is 37.6 Å². The van der Waals surface area contributed by atoms with Gasteiger partial charge in [-0.15, -0.1) is 0 Å². The number of nitrogens with zero attached hydrogens (tertiary/aromatic N) is 3. The molecule has 1 atom stereocenters. The highest BCUT2D eigenvalue weighted by atomic mass is 16.2. The fraction of sp³-hybridized carbons (Fsp3) is 0.957. The topological polar surface area (TPSA) is 26.8 Å². The van der Waals surface area contributed by atoms with Crippen LogP contribution in [0.2, 0.25) is 0 Å². The number of hydrogen-bond acceptors (Lipinski definition) is 3. The van der Waals surface area contributed by atoms with E-state index in [-0.39, 0.29) is 5.41 Å². The summed E-state index contributed by atoms with van der Waals surface area (Å²) in [5, 5.41) is 0. The van der Waals surface area contributed by atoms with Crippen LogP contribution in [0.25, 0.3) is 0 Å². The second-order valence-electron chi connectivity index (χ2n) is 10.2. The van der Waals surface area contributed by atoms with Gasteiger partial charge in [-0.1, -0.05) is 26.2 Å². The average molecular weight is 376 g/mol. The Morgan fingerprint density at radius 3 is 2.41 bits per heavy atom. The van der Waals surface area contributed by atoms with Gasteiger partial charge < -0.3 is 14.7 Å². The second kappa shape index (κ2) is 8.82. The third kappa shape index (κ3) is 5.06. The molecule has 2 saturated carbocycles. The minimum Gasteiger partial charge on any atom is -0.341 e. The summed E-state index contributed by atoms with van der Waals surface area (Å²) in [4.78, 5) is 20.8. The average Bonchev–Trinajstić information content (AvgIpc) is 3.22. The minimum atomic E-state index is -0.0261. The summed E-state index contributed by atoms with van der Waals surface area (Å²) in [6.07, 6.45) is 14.6. The second-order valence-corrected chi connectivity index (χ2v) is 10.2. The Hall–Kier alpha value is -0.610. The minimum absolute atomic E-state index is 0.0261. The molecule has 4 heteroatoms. The van der Waals surface area contributed by atoms with Crippen LogP contribution < -0.4 is 0 Å². The molecule has 0 radical (unpaired) electrons. The highest BCUT2D eigenvalue weighted by Crippen LogP contribution is 2.46. The van der Waals surface area contributed by atoms with Crippen LogP contribution in [0.3, 0.4) is 0 Å². The molecule has 154 valence electrons. The molecule has 2 aliphatic heterocycles. The Bertz CT molecular complexity index is 492. The van der Waals surface area contributed by atoms with Crippen LogP contribution in [0.15, 0.2) is 0 Å². The number of piperidine rings is 2. The Kier molecular flexibility index (Phi) is 6.43. The monoisotopic (exact) mass is 375 g/mol. The smallest absolute Gasteiger partial charge is 0.228 e. The SMILES string of the molecule is CC1(C(=O)N(CCN2CCCCC2)C[C@@H]2CCCN(C3CCCC3)C2)CC1. The standard InChI is InChI=1S/C23H41N3O/c1-23(11-12-23)22(27)26(17-16-24-13-5-2-6-14-24)19-20-8-7-15-25(18-20)21-9-3-4-10-21/h20-21H,2-19H2,1H3/t20-/m1/s1. The predicted octanol–water partition coefficient (Wildman–Crippen LogP) is 3.76. The van der Waals surface area contributed by atoms with E-state index >= 15 is 0 Å². The first kappa shape index (κ1) is 19.7. The van der Waals surface area contributed by atoms with E-state index in [0.717, 1.165) is 38.5 Å². The van der Waals surface area contributed by atoms with E-state index in [4.69, 9.17) is 0 Å². The van der Waals surface area contributed by atoms with Gasteiger partial charge >= 0.3 is 0 Å². The summed E-state index contributed by atoms with van der Waals surface area (Å²) >= 11 is 0. The van der Waals surface area contributed by atoms with Gasteiger partial charge in [0.05, 0.1) is 0 Å². The maximum atomic E-state index is 13.2. The van der Waals surface area contributed by atoms with Crippen molar-refractivity contribution in [3.63, 3.8) is 0 Å². The maximum Gasteiger partial charge on any atom is 0.228 e. The quantitative estimate of drug-likeness (QED) is 0.678. The van der Waals surface area contributed by atoms with Gasteiger partial charge in [-0.3, -0.25) is 4.79 Å². The van der Waals surface area contributed by atoms with E-state index < -0.39 is 0 Å². The molecule has 0 aromatic carbocycles. The molecule has 4 fully saturated rings. The van der Waals surface area contributed by atoms with Crippen molar-refractivity contribution < 1.29 is 4.79 Å². The van der Waals surface area contributed by atoms with Crippen molar-refractivity contribution in [1.82, 2.24) is 14.7 Å². The molecule has 0 aromatic heterocycles. The first-order valence-electron chi connectivity index (χ1n) is 11.9. The number of likely N-dealkylation sites (tertiary alicyclic amines) is 2. The van der Waals surface area contributed by atoms with Crippen LogP contribution in [0.4, 0.5) is 0 Å². The lowest BCUT2D eigenvalue weighted by atomic mass is 9.95. The van der Waals surface area contributed by atoms with Crippen molar-refractivity contribution in [3.8, 4) is 0 Å². The molecule has 0 aromatic rings. The van der Waals surface area contributed by atoms with Crippen molar-refractivity contribution in [2.75, 3.05) is 45.8 Å². The van der Waals surface area contributed by atoms with E-state index in [1.807, 2.05) is 0 Å². The molecule has 0 bridgehead atoms. The summed E-state index contributed by atoms with van der Waals surface area (Å²) in [6.45, 7) is 10.2. The van der Waals surface area contributed by atoms with Crippen LogP contribution >= 0.6 is 0 Å². The van der Waals surface area contributed by atoms with Crippen LogP contribution in [-0.2, 0) is 4.79 Å². The molecule has 2 aliphatic carbocycles. The van der Waals surface area contributed by atoms with E-state index in [1.54, 1.807) is 0 Å². The summed E-state index contributed by atoms with van der Waals surface area (Å²) in [5.74, 6) is 1.14. The first-order chi connectivity index (χ1) is 13.1. The molecule has 27 heavy (non-hydrogen) atoms. The molecule has 0 N–H and O–H groups in total. The number of carbonyl (C=O) groups excluding carboxylic acids is 1. The van der Waals surface area contributed by atoms with Crippen molar-refractivity contribution in [3.05, 3.63) is 0 Å². The molecular weight excluding hydrogens is 334 g/mol. The molecule has 1 amide bonds. The largest absolute Gasteiger partial charge is 0.341 e. The van der Waals surface area contributed by atoms with Gasteiger partial charge in [-0.05, 0) is 76.9 Å². The van der Waals surface area contributed by atoms with Crippen LogP contribution in [-0.4, -0.2) is 72.5 Å². The Labute approximate surface area is 166 Å². The number of amides is 1. The van der Waals surface area contributed by atoms with Gasteiger partial charge in [0.1, 0.15) is 0 Å². The Balaban J connectivity index is 1.33. The van der Waals surface area contributed by atoms with Gasteiger partial charge in [0.25, 0.3) is 0 Å². The number of hydrogen-bond donors (Lipinski definition) is 0. The lowest BCUT2D eigenvalue weighted by Gasteiger charge is -2.39. The van der Waals surface area contributed by atoms with Crippen molar-refractivity contribution in [1.29, 1.82) is 0 Å². The van der Waals surface area contributed by atoms with Gasteiger partial charge in [-0.2, -0.15) is 0 Å². The van der Waals surface area contributed by atoms with Crippen molar-refractivity contribution in [2.45, 2.75) is 83.6 Å². The summed E-state index contributed by atoms with van der Waals surface area (Å²) in [6, 6.07) is 0.839. The third-order valence-corrected chi connectivity index (χ3v) is 7.81. The van der Waals surface area contributed by atoms with Gasteiger partial charge in [-0.25, -0.2) is 0 Å². The zero-order valence-electron chi connectivity index (χ0n) is 17.6. The summed E-state index contributed by atoms with van der Waals surface area (Å²) in [5.41, 5.74) is -0.0261. The molecule has 0 spiro atoms. The zero-order chi connectivity index (χ0) is 18.7. The van der Waals surface area contributed by atoms with Gasteiger partial charge in [0.15, 0.2) is 0 Å². The van der Waals surface area contributed by atoms with Crippen LogP contribution in [0.1, 0.15) is 77.6 Å². The zero-order valence-corrected chi connectivity index (χ0v) is 17.6. The van der Waals surface area contributed by atoms with Crippen molar-refractivity contribution in [2.24, 2.45) is 11.3 Å². The van der Waals surface area contributed by atoms with Crippen LogP contribution in [0, 0.1) is 11.3 Å². The van der Waals surface area contributed by atoms with E-state index in [9.17, 15) is 4.79 Å². The van der Waals surface area contributed by atoms with Gasteiger partial charge in [0.2, 0.25) is 5.91 Å². The normalized spacial score (nSPS) is 29.7. The number of rotatable bonds is 7. The van der Waals surface area contributed by atoms with Crippen molar-refractivity contribution >= 4 is 5.91 Å². The molecule has 2 saturated heterocycles. The molecule has 2 heterocycles. The Morgan fingerprint density at radius 1 is 0.963 bits per heavy atom. The molecular formula is C23H41N3O. The highest BCUT2D eigenvalue weighted by molar-refractivity contribution is 5.84. The summed E-state index contributed by atoms with van der Waals surface area (Å²) < 4.78 is 0.